The lowest BCUT2D eigenvalue weighted by atomic mass is 9.94. The number of methoxy groups -OCH3 is 2. The summed E-state index contributed by atoms with van der Waals surface area (Å²) in [6, 6.07) is 15.3. The predicted molar refractivity (Wildman–Crippen MR) is 147 cm³/mol. The van der Waals surface area contributed by atoms with Crippen molar-refractivity contribution < 1.29 is 34.1 Å². The molecule has 39 heavy (non-hydrogen) atoms. The van der Waals surface area contributed by atoms with Crippen LogP contribution in [0.2, 0.25) is 5.02 Å². The van der Waals surface area contributed by atoms with Crippen LogP contribution in [0.1, 0.15) is 33.1 Å². The molecular weight excluding hydrogens is 524 g/mol. The Kier molecular flexibility index (Phi) is 7.83. The highest BCUT2D eigenvalue weighted by Gasteiger charge is 2.46. The van der Waals surface area contributed by atoms with E-state index in [1.54, 1.807) is 24.3 Å². The summed E-state index contributed by atoms with van der Waals surface area (Å²) in [6.45, 7) is 0.00241. The normalized spacial score (nSPS) is 16.3. The number of anilines is 1. The van der Waals surface area contributed by atoms with Gasteiger partial charge in [-0.1, -0.05) is 35.9 Å². The van der Waals surface area contributed by atoms with Crippen LogP contribution in [0.5, 0.6) is 11.5 Å². The van der Waals surface area contributed by atoms with Gasteiger partial charge in [-0.25, -0.2) is 4.79 Å². The molecule has 10 heteroatoms. The lowest BCUT2D eigenvalue weighted by Gasteiger charge is -2.26. The highest BCUT2D eigenvalue weighted by atomic mass is 35.5. The summed E-state index contributed by atoms with van der Waals surface area (Å²) in [4.78, 5) is 41.4. The van der Waals surface area contributed by atoms with Crippen molar-refractivity contribution in [2.45, 2.75) is 12.6 Å². The zero-order valence-electron chi connectivity index (χ0n) is 21.8. The van der Waals surface area contributed by atoms with E-state index in [0.717, 1.165) is 5.69 Å². The molecule has 1 atom stereocenters. The number of likely N-dealkylation sites (tertiary alicyclic amines) is 1. The van der Waals surface area contributed by atoms with E-state index in [1.807, 2.05) is 31.1 Å². The summed E-state index contributed by atoms with van der Waals surface area (Å²) in [7, 11) is 6.59. The molecule has 1 unspecified atom stereocenters. The molecule has 0 aliphatic carbocycles. The smallest absolute Gasteiger partial charge is 0.335 e. The van der Waals surface area contributed by atoms with Crippen LogP contribution in [0, 0.1) is 0 Å². The first-order valence-electron chi connectivity index (χ1n) is 11.9. The number of carbonyl (C=O) groups excluding carboxylic acids is 2. The van der Waals surface area contributed by atoms with Gasteiger partial charge in [0.1, 0.15) is 17.3 Å². The lowest BCUT2D eigenvalue weighted by molar-refractivity contribution is -0.140. The van der Waals surface area contributed by atoms with Gasteiger partial charge in [-0.05, 0) is 41.5 Å². The number of carboxylic acid groups (broad SMARTS) is 1. The minimum Gasteiger partial charge on any atom is -0.507 e. The molecule has 3 aromatic rings. The topological polar surface area (TPSA) is 117 Å². The number of rotatable bonds is 8. The van der Waals surface area contributed by atoms with E-state index in [4.69, 9.17) is 21.1 Å². The van der Waals surface area contributed by atoms with Gasteiger partial charge in [-0.15, -0.1) is 0 Å². The van der Waals surface area contributed by atoms with E-state index < -0.39 is 29.5 Å². The molecule has 0 aromatic heterocycles. The van der Waals surface area contributed by atoms with Crippen molar-refractivity contribution in [1.82, 2.24) is 4.90 Å². The third kappa shape index (κ3) is 5.26. The van der Waals surface area contributed by atoms with Crippen molar-refractivity contribution in [3.63, 3.8) is 0 Å². The molecule has 202 valence electrons. The summed E-state index contributed by atoms with van der Waals surface area (Å²) in [5.41, 5.74) is 2.23. The maximum Gasteiger partial charge on any atom is 0.335 e. The van der Waals surface area contributed by atoms with E-state index in [9.17, 15) is 24.6 Å². The first-order valence-corrected chi connectivity index (χ1v) is 12.2. The predicted octanol–water partition coefficient (Wildman–Crippen LogP) is 4.74. The fraction of sp³-hybridized carbons (Fsp3) is 0.207. The van der Waals surface area contributed by atoms with Crippen molar-refractivity contribution in [2.75, 3.05) is 33.2 Å². The number of hydrogen-bond donors (Lipinski definition) is 2. The summed E-state index contributed by atoms with van der Waals surface area (Å²) >= 11 is 6.23. The second-order valence-electron chi connectivity index (χ2n) is 9.10. The number of Topliss-reactive ketones (excluding diaryl/α,β-unsaturated/α-hetero) is 1. The second kappa shape index (κ2) is 11.1. The molecule has 0 saturated carbocycles. The SMILES string of the molecule is COc1cc(/C(O)=C2\C(=O)C(=O)N(Cc3ccc(C(=O)O)cc3)C2c2ccc(N(C)C)cc2)c(OC)cc1Cl. The fourth-order valence-electron chi connectivity index (χ4n) is 4.48. The number of carboxylic acids is 1. The van der Waals surface area contributed by atoms with Crippen molar-refractivity contribution >= 4 is 40.7 Å². The largest absolute Gasteiger partial charge is 0.507 e. The summed E-state index contributed by atoms with van der Waals surface area (Å²) in [6.07, 6.45) is 0. The van der Waals surface area contributed by atoms with Gasteiger partial charge in [-0.3, -0.25) is 9.59 Å². The second-order valence-corrected chi connectivity index (χ2v) is 9.51. The number of amides is 1. The molecule has 0 radical (unpaired) electrons. The molecule has 1 fully saturated rings. The first-order chi connectivity index (χ1) is 18.6. The van der Waals surface area contributed by atoms with Gasteiger partial charge < -0.3 is 29.5 Å². The molecular formula is C29H27ClN2O7. The zero-order valence-corrected chi connectivity index (χ0v) is 22.5. The molecule has 1 heterocycles. The maximum atomic E-state index is 13.5. The Morgan fingerprint density at radius 1 is 0.949 bits per heavy atom. The van der Waals surface area contributed by atoms with E-state index in [0.29, 0.717) is 11.1 Å². The Bertz CT molecular complexity index is 1460. The van der Waals surface area contributed by atoms with Gasteiger partial charge in [0.15, 0.2) is 0 Å². The minimum atomic E-state index is -1.07. The zero-order chi connectivity index (χ0) is 28.4. The van der Waals surface area contributed by atoms with E-state index >= 15 is 0 Å². The van der Waals surface area contributed by atoms with Gasteiger partial charge in [0.2, 0.25) is 0 Å². The Morgan fingerprint density at radius 3 is 2.10 bits per heavy atom. The van der Waals surface area contributed by atoms with Crippen molar-refractivity contribution in [3.8, 4) is 11.5 Å². The van der Waals surface area contributed by atoms with E-state index in [2.05, 4.69) is 0 Å². The van der Waals surface area contributed by atoms with Crippen LogP contribution >= 0.6 is 11.6 Å². The first kappa shape index (κ1) is 27.5. The van der Waals surface area contributed by atoms with Gasteiger partial charge in [0.05, 0.1) is 42.0 Å². The number of aliphatic hydroxyl groups is 1. The van der Waals surface area contributed by atoms with Crippen LogP contribution in [0.3, 0.4) is 0 Å². The van der Waals surface area contributed by atoms with Gasteiger partial charge in [-0.2, -0.15) is 0 Å². The number of ketones is 1. The highest BCUT2D eigenvalue weighted by molar-refractivity contribution is 6.46. The average molecular weight is 551 g/mol. The molecule has 1 amide bonds. The maximum absolute atomic E-state index is 13.5. The number of ether oxygens (including phenoxy) is 2. The molecule has 0 bridgehead atoms. The van der Waals surface area contributed by atoms with E-state index in [1.165, 1.54) is 43.4 Å². The number of aliphatic hydroxyl groups excluding tert-OH is 1. The molecule has 3 aromatic carbocycles. The number of halogens is 1. The van der Waals surface area contributed by atoms with Crippen LogP contribution in [-0.4, -0.2) is 61.1 Å². The van der Waals surface area contributed by atoms with Gasteiger partial charge >= 0.3 is 5.97 Å². The Hall–Kier alpha value is -4.50. The number of carbonyl (C=O) groups is 3. The third-order valence-electron chi connectivity index (χ3n) is 6.55. The summed E-state index contributed by atoms with van der Waals surface area (Å²) < 4.78 is 10.7. The third-order valence-corrected chi connectivity index (χ3v) is 6.84. The monoisotopic (exact) mass is 550 g/mol. The Morgan fingerprint density at radius 2 is 1.56 bits per heavy atom. The molecule has 0 spiro atoms. The van der Waals surface area contributed by atoms with Gasteiger partial charge in [0, 0.05) is 32.4 Å². The van der Waals surface area contributed by atoms with E-state index in [-0.39, 0.29) is 39.8 Å². The number of benzene rings is 3. The van der Waals surface area contributed by atoms with Gasteiger partial charge in [0.25, 0.3) is 11.7 Å². The fourth-order valence-corrected chi connectivity index (χ4v) is 4.72. The standard InChI is InChI=1S/C29H27ClN2O7/c1-31(2)19-11-9-17(10-12-19)25-24(26(33)20-13-23(39-4)21(30)14-22(20)38-3)27(34)28(35)32(25)15-16-5-7-18(8-6-16)29(36)37/h5-14,25,33H,15H2,1-4H3,(H,36,37)/b26-24+. The summed E-state index contributed by atoms with van der Waals surface area (Å²) in [5, 5.41) is 21.0. The molecule has 9 nitrogen and oxygen atoms in total. The number of aromatic carboxylic acids is 1. The molecule has 4 rings (SSSR count). The quantitative estimate of drug-likeness (QED) is 0.235. The van der Waals surface area contributed by atoms with Crippen LogP contribution in [0.4, 0.5) is 5.69 Å². The number of hydrogen-bond acceptors (Lipinski definition) is 7. The number of nitrogens with zero attached hydrogens (tertiary/aromatic N) is 2. The van der Waals surface area contributed by atoms with Crippen LogP contribution < -0.4 is 14.4 Å². The molecule has 2 N–H and O–H groups in total. The lowest BCUT2D eigenvalue weighted by Crippen LogP contribution is -2.29. The van der Waals surface area contributed by atoms with Crippen LogP contribution in [0.25, 0.3) is 5.76 Å². The average Bonchev–Trinajstić information content (AvgIpc) is 3.17. The molecule has 1 aliphatic rings. The van der Waals surface area contributed by atoms with Crippen molar-refractivity contribution in [3.05, 3.63) is 93.5 Å². The highest BCUT2D eigenvalue weighted by Crippen LogP contribution is 2.43. The Labute approximate surface area is 230 Å². The van der Waals surface area contributed by atoms with Crippen molar-refractivity contribution in [2.24, 2.45) is 0 Å². The molecule has 1 saturated heterocycles. The Balaban J connectivity index is 1.89. The summed E-state index contributed by atoms with van der Waals surface area (Å²) in [5.74, 6) is -2.75. The van der Waals surface area contributed by atoms with Crippen LogP contribution in [-0.2, 0) is 16.1 Å². The van der Waals surface area contributed by atoms with Crippen molar-refractivity contribution in [1.29, 1.82) is 0 Å². The molecule has 1 aliphatic heterocycles. The van der Waals surface area contributed by atoms with Crippen LogP contribution in [0.15, 0.2) is 66.2 Å². The minimum absolute atomic E-state index is 0.00241.